The van der Waals surface area contributed by atoms with Crippen molar-refractivity contribution in [3.63, 3.8) is 0 Å². The van der Waals surface area contributed by atoms with Gasteiger partial charge in [-0.2, -0.15) is 5.10 Å². The Hall–Kier alpha value is -1.52. The quantitative estimate of drug-likeness (QED) is 0.942. The van der Waals surface area contributed by atoms with Crippen molar-refractivity contribution in [3.05, 3.63) is 46.2 Å². The van der Waals surface area contributed by atoms with E-state index in [-0.39, 0.29) is 0 Å². The van der Waals surface area contributed by atoms with Gasteiger partial charge in [-0.3, -0.25) is 4.68 Å². The molecule has 112 valence electrons. The summed E-state index contributed by atoms with van der Waals surface area (Å²) >= 11 is 6.08. The van der Waals surface area contributed by atoms with Gasteiger partial charge in [-0.05, 0) is 37.5 Å². The standard InChI is InChI=1S/C16H20ClN3O/c1-20-15-5-3-4-14(13(15)10-19-20)18-9-11-8-12(17)6-7-16(11)21-2/h6-8,10,14,18H,3-5,9H2,1-2H3. The van der Waals surface area contributed by atoms with Crippen LogP contribution in [-0.2, 0) is 20.0 Å². The fraction of sp³-hybridized carbons (Fsp3) is 0.438. The molecular formula is C16H20ClN3O. The molecule has 1 aliphatic carbocycles. The molecule has 21 heavy (non-hydrogen) atoms. The van der Waals surface area contributed by atoms with Crippen LogP contribution in [0.15, 0.2) is 24.4 Å². The van der Waals surface area contributed by atoms with Gasteiger partial charge < -0.3 is 10.1 Å². The summed E-state index contributed by atoms with van der Waals surface area (Å²) in [4.78, 5) is 0. The van der Waals surface area contributed by atoms with Crippen molar-refractivity contribution >= 4 is 11.6 Å². The monoisotopic (exact) mass is 305 g/mol. The number of rotatable bonds is 4. The Bertz CT molecular complexity index is 638. The van der Waals surface area contributed by atoms with Crippen LogP contribution in [-0.4, -0.2) is 16.9 Å². The van der Waals surface area contributed by atoms with Crippen LogP contribution in [0.5, 0.6) is 5.75 Å². The van der Waals surface area contributed by atoms with Gasteiger partial charge in [0.15, 0.2) is 0 Å². The predicted molar refractivity (Wildman–Crippen MR) is 83.7 cm³/mol. The van der Waals surface area contributed by atoms with Gasteiger partial charge in [0.1, 0.15) is 5.75 Å². The molecule has 1 aromatic heterocycles. The minimum Gasteiger partial charge on any atom is -0.496 e. The summed E-state index contributed by atoms with van der Waals surface area (Å²) in [5.41, 5.74) is 3.75. The number of aryl methyl sites for hydroxylation is 1. The van der Waals surface area contributed by atoms with Crippen LogP contribution in [0.1, 0.15) is 35.7 Å². The number of halogens is 1. The second-order valence-electron chi connectivity index (χ2n) is 5.45. The number of hydrogen-bond donors (Lipinski definition) is 1. The van der Waals surface area contributed by atoms with Crippen molar-refractivity contribution in [2.24, 2.45) is 7.05 Å². The van der Waals surface area contributed by atoms with Gasteiger partial charge >= 0.3 is 0 Å². The molecule has 4 nitrogen and oxygen atoms in total. The molecule has 1 atom stereocenters. The molecular weight excluding hydrogens is 286 g/mol. The molecule has 2 aromatic rings. The summed E-state index contributed by atoms with van der Waals surface area (Å²) in [6.07, 6.45) is 5.43. The van der Waals surface area contributed by atoms with Gasteiger partial charge in [0.05, 0.1) is 13.3 Å². The zero-order valence-corrected chi connectivity index (χ0v) is 13.2. The predicted octanol–water partition coefficient (Wildman–Crippen LogP) is 3.25. The van der Waals surface area contributed by atoms with Crippen molar-refractivity contribution in [1.82, 2.24) is 15.1 Å². The van der Waals surface area contributed by atoms with E-state index in [9.17, 15) is 0 Å². The first-order chi connectivity index (χ1) is 10.2. The average Bonchev–Trinajstić information content (AvgIpc) is 2.87. The van der Waals surface area contributed by atoms with E-state index in [1.54, 1.807) is 7.11 Å². The van der Waals surface area contributed by atoms with Crippen LogP contribution in [0.2, 0.25) is 5.02 Å². The summed E-state index contributed by atoms with van der Waals surface area (Å²) in [5, 5.41) is 8.73. The summed E-state index contributed by atoms with van der Waals surface area (Å²) in [6, 6.07) is 6.07. The lowest BCUT2D eigenvalue weighted by atomic mass is 9.93. The Morgan fingerprint density at radius 3 is 3.14 bits per heavy atom. The maximum Gasteiger partial charge on any atom is 0.123 e. The number of aromatic nitrogens is 2. The van der Waals surface area contributed by atoms with Crippen molar-refractivity contribution < 1.29 is 4.74 Å². The third-order valence-electron chi connectivity index (χ3n) is 4.16. The van der Waals surface area contributed by atoms with E-state index in [2.05, 4.69) is 10.4 Å². The van der Waals surface area contributed by atoms with Crippen LogP contribution in [0.25, 0.3) is 0 Å². The number of nitrogens with zero attached hydrogens (tertiary/aromatic N) is 2. The van der Waals surface area contributed by atoms with E-state index in [1.807, 2.05) is 36.1 Å². The van der Waals surface area contributed by atoms with Crippen molar-refractivity contribution in [2.75, 3.05) is 7.11 Å². The first kappa shape index (κ1) is 14.4. The molecule has 5 heteroatoms. The Balaban J connectivity index is 1.76. The fourth-order valence-corrected chi connectivity index (χ4v) is 3.23. The van der Waals surface area contributed by atoms with E-state index < -0.39 is 0 Å². The third kappa shape index (κ3) is 2.92. The van der Waals surface area contributed by atoms with Gasteiger partial charge in [-0.25, -0.2) is 0 Å². The summed E-state index contributed by atoms with van der Waals surface area (Å²) < 4.78 is 7.39. The Kier molecular flexibility index (Phi) is 4.17. The molecule has 1 N–H and O–H groups in total. The van der Waals surface area contributed by atoms with E-state index in [4.69, 9.17) is 16.3 Å². The molecule has 0 spiro atoms. The second kappa shape index (κ2) is 6.08. The van der Waals surface area contributed by atoms with E-state index >= 15 is 0 Å². The number of benzene rings is 1. The molecule has 0 bridgehead atoms. The minimum absolute atomic E-state index is 0.353. The lowest BCUT2D eigenvalue weighted by Crippen LogP contribution is -2.25. The number of fused-ring (bicyclic) bond motifs is 1. The number of hydrogen-bond acceptors (Lipinski definition) is 3. The highest BCUT2D eigenvalue weighted by Crippen LogP contribution is 2.30. The van der Waals surface area contributed by atoms with Gasteiger partial charge in [-0.15, -0.1) is 0 Å². The Morgan fingerprint density at radius 2 is 2.33 bits per heavy atom. The summed E-state index contributed by atoms with van der Waals surface area (Å²) in [7, 11) is 3.70. The van der Waals surface area contributed by atoms with E-state index in [0.717, 1.165) is 35.7 Å². The minimum atomic E-state index is 0.353. The molecule has 0 fully saturated rings. The topological polar surface area (TPSA) is 39.1 Å². The van der Waals surface area contributed by atoms with Crippen LogP contribution >= 0.6 is 11.6 Å². The Labute approximate surface area is 130 Å². The molecule has 1 aliphatic rings. The van der Waals surface area contributed by atoms with Gasteiger partial charge in [0.2, 0.25) is 0 Å². The van der Waals surface area contributed by atoms with Crippen molar-refractivity contribution in [2.45, 2.75) is 31.8 Å². The SMILES string of the molecule is COc1ccc(Cl)cc1CNC1CCCc2c1cnn2C. The maximum atomic E-state index is 6.08. The fourth-order valence-electron chi connectivity index (χ4n) is 3.04. The van der Waals surface area contributed by atoms with Crippen molar-refractivity contribution in [3.8, 4) is 5.75 Å². The highest BCUT2D eigenvalue weighted by atomic mass is 35.5. The van der Waals surface area contributed by atoms with Gasteiger partial charge in [-0.1, -0.05) is 11.6 Å². The van der Waals surface area contributed by atoms with Crippen LogP contribution < -0.4 is 10.1 Å². The maximum absolute atomic E-state index is 6.08. The normalized spacial score (nSPS) is 17.6. The summed E-state index contributed by atoms with van der Waals surface area (Å²) in [6.45, 7) is 0.739. The zero-order chi connectivity index (χ0) is 14.8. The smallest absolute Gasteiger partial charge is 0.123 e. The lowest BCUT2D eigenvalue weighted by molar-refractivity contribution is 0.400. The molecule has 3 rings (SSSR count). The molecule has 0 saturated carbocycles. The second-order valence-corrected chi connectivity index (χ2v) is 5.89. The first-order valence-corrected chi connectivity index (χ1v) is 7.63. The van der Waals surface area contributed by atoms with Gasteiger partial charge in [0, 0.05) is 41.5 Å². The zero-order valence-electron chi connectivity index (χ0n) is 12.4. The molecule has 1 unspecified atom stereocenters. The van der Waals surface area contributed by atoms with E-state index in [1.165, 1.54) is 17.7 Å². The largest absolute Gasteiger partial charge is 0.496 e. The Morgan fingerprint density at radius 1 is 1.48 bits per heavy atom. The molecule has 0 saturated heterocycles. The number of methoxy groups -OCH3 is 1. The molecule has 1 aromatic carbocycles. The van der Waals surface area contributed by atoms with Crippen LogP contribution in [0.3, 0.4) is 0 Å². The van der Waals surface area contributed by atoms with E-state index in [0.29, 0.717) is 6.04 Å². The first-order valence-electron chi connectivity index (χ1n) is 7.25. The third-order valence-corrected chi connectivity index (χ3v) is 4.39. The van der Waals surface area contributed by atoms with Crippen LogP contribution in [0, 0.1) is 0 Å². The van der Waals surface area contributed by atoms with Crippen LogP contribution in [0.4, 0.5) is 0 Å². The number of nitrogens with one attached hydrogen (secondary N) is 1. The van der Waals surface area contributed by atoms with Gasteiger partial charge in [0.25, 0.3) is 0 Å². The molecule has 1 heterocycles. The van der Waals surface area contributed by atoms with Crippen molar-refractivity contribution in [1.29, 1.82) is 0 Å². The summed E-state index contributed by atoms with van der Waals surface area (Å²) in [5.74, 6) is 0.870. The molecule has 0 amide bonds. The molecule has 0 aliphatic heterocycles. The average molecular weight is 306 g/mol. The lowest BCUT2D eigenvalue weighted by Gasteiger charge is -2.24. The highest BCUT2D eigenvalue weighted by Gasteiger charge is 2.23. The highest BCUT2D eigenvalue weighted by molar-refractivity contribution is 6.30. The number of ether oxygens (including phenoxy) is 1. The molecule has 0 radical (unpaired) electrons.